The molecule has 17 heavy (non-hydrogen) atoms. The Hall–Kier alpha value is -1.39. The Morgan fingerprint density at radius 1 is 1.47 bits per heavy atom. The zero-order valence-electron chi connectivity index (χ0n) is 9.27. The minimum atomic E-state index is -0.899. The maximum Gasteiger partial charge on any atom is 0.142 e. The summed E-state index contributed by atoms with van der Waals surface area (Å²) in [4.78, 5) is 0. The van der Waals surface area contributed by atoms with E-state index in [0.717, 1.165) is 0 Å². The molecular formula is C12H12ClFN2O. The molecule has 1 aromatic heterocycles. The lowest BCUT2D eigenvalue weighted by Crippen LogP contribution is -2.09. The first kappa shape index (κ1) is 12.1. The molecule has 0 amide bonds. The van der Waals surface area contributed by atoms with Crippen molar-refractivity contribution in [3.63, 3.8) is 0 Å². The van der Waals surface area contributed by atoms with Crippen LogP contribution in [0.2, 0.25) is 5.02 Å². The molecule has 3 nitrogen and oxygen atoms in total. The number of hydrogen-bond acceptors (Lipinski definition) is 2. The van der Waals surface area contributed by atoms with E-state index in [4.69, 9.17) is 11.6 Å². The molecule has 5 heteroatoms. The molecule has 0 saturated carbocycles. The molecule has 0 aliphatic rings. The van der Waals surface area contributed by atoms with Crippen molar-refractivity contribution in [3.8, 4) is 0 Å². The molecule has 0 fully saturated rings. The van der Waals surface area contributed by atoms with Crippen LogP contribution in [0.1, 0.15) is 24.3 Å². The lowest BCUT2D eigenvalue weighted by atomic mass is 10.1. The van der Waals surface area contributed by atoms with E-state index in [-0.39, 0.29) is 5.02 Å². The van der Waals surface area contributed by atoms with Crippen LogP contribution in [0.25, 0.3) is 0 Å². The fourth-order valence-electron chi connectivity index (χ4n) is 1.69. The van der Waals surface area contributed by atoms with Gasteiger partial charge in [0.15, 0.2) is 0 Å². The van der Waals surface area contributed by atoms with Crippen LogP contribution in [0, 0.1) is 5.82 Å². The average Bonchev–Trinajstić information content (AvgIpc) is 2.80. The van der Waals surface area contributed by atoms with E-state index in [1.165, 1.54) is 12.1 Å². The second-order valence-corrected chi connectivity index (χ2v) is 4.06. The van der Waals surface area contributed by atoms with Gasteiger partial charge in [0.2, 0.25) is 0 Å². The molecule has 2 rings (SSSR count). The number of aromatic nitrogens is 2. The van der Waals surface area contributed by atoms with Gasteiger partial charge in [-0.1, -0.05) is 17.7 Å². The van der Waals surface area contributed by atoms with Crippen LogP contribution >= 0.6 is 11.6 Å². The number of benzene rings is 1. The Bertz CT molecular complexity index is 527. The summed E-state index contributed by atoms with van der Waals surface area (Å²) in [7, 11) is 0. The summed E-state index contributed by atoms with van der Waals surface area (Å²) in [5.41, 5.74) is 1.09. The summed E-state index contributed by atoms with van der Waals surface area (Å²) in [6.07, 6.45) is 0.707. The van der Waals surface area contributed by atoms with Gasteiger partial charge in [0.05, 0.1) is 10.7 Å². The lowest BCUT2D eigenvalue weighted by molar-refractivity contribution is 0.207. The van der Waals surface area contributed by atoms with E-state index in [0.29, 0.717) is 17.8 Å². The van der Waals surface area contributed by atoms with Crippen molar-refractivity contribution in [2.24, 2.45) is 0 Å². The van der Waals surface area contributed by atoms with Crippen molar-refractivity contribution in [1.29, 1.82) is 0 Å². The highest BCUT2D eigenvalue weighted by molar-refractivity contribution is 6.30. The number of hydrogen-bond donors (Lipinski definition) is 1. The van der Waals surface area contributed by atoms with E-state index in [1.54, 1.807) is 23.0 Å². The highest BCUT2D eigenvalue weighted by Gasteiger charge is 2.16. The molecule has 0 radical (unpaired) electrons. The third-order valence-corrected chi connectivity index (χ3v) is 2.90. The fraction of sp³-hybridized carbons (Fsp3) is 0.250. The predicted octanol–water partition coefficient (Wildman–Crippen LogP) is 2.78. The number of aryl methyl sites for hydroxylation is 1. The standard InChI is InChI=1S/C12H12ClFN2O/c1-2-16-11(5-6-15-16)12(17)8-3-4-9(13)10(14)7-8/h3-7,12,17H,2H2,1H3. The number of halogens is 2. The summed E-state index contributed by atoms with van der Waals surface area (Å²) < 4.78 is 15.0. The lowest BCUT2D eigenvalue weighted by Gasteiger charge is -2.13. The second-order valence-electron chi connectivity index (χ2n) is 3.65. The van der Waals surface area contributed by atoms with Crippen LogP contribution in [-0.2, 0) is 6.54 Å². The van der Waals surface area contributed by atoms with Crippen LogP contribution in [0.4, 0.5) is 4.39 Å². The van der Waals surface area contributed by atoms with Crippen molar-refractivity contribution in [2.45, 2.75) is 19.6 Å². The average molecular weight is 255 g/mol. The van der Waals surface area contributed by atoms with Crippen molar-refractivity contribution in [1.82, 2.24) is 9.78 Å². The third-order valence-electron chi connectivity index (χ3n) is 2.59. The van der Waals surface area contributed by atoms with Crippen molar-refractivity contribution < 1.29 is 9.50 Å². The number of aliphatic hydroxyl groups is 1. The minimum Gasteiger partial charge on any atom is -0.382 e. The topological polar surface area (TPSA) is 38.0 Å². The highest BCUT2D eigenvalue weighted by Crippen LogP contribution is 2.25. The Balaban J connectivity index is 2.36. The zero-order chi connectivity index (χ0) is 12.4. The van der Waals surface area contributed by atoms with Crippen LogP contribution in [-0.4, -0.2) is 14.9 Å². The fourth-order valence-corrected chi connectivity index (χ4v) is 1.81. The second kappa shape index (κ2) is 4.85. The van der Waals surface area contributed by atoms with Crippen molar-refractivity contribution >= 4 is 11.6 Å². The van der Waals surface area contributed by atoms with Crippen LogP contribution in [0.3, 0.4) is 0 Å². The molecule has 0 aliphatic carbocycles. The van der Waals surface area contributed by atoms with Gasteiger partial charge in [-0.2, -0.15) is 5.10 Å². The molecule has 0 spiro atoms. The molecule has 1 atom stereocenters. The monoisotopic (exact) mass is 254 g/mol. The number of rotatable bonds is 3. The molecule has 1 N–H and O–H groups in total. The third kappa shape index (κ3) is 2.33. The SMILES string of the molecule is CCn1nccc1C(O)c1ccc(Cl)c(F)c1. The first-order valence-electron chi connectivity index (χ1n) is 5.28. The number of nitrogens with zero attached hydrogens (tertiary/aromatic N) is 2. The van der Waals surface area contributed by atoms with E-state index in [1.807, 2.05) is 6.92 Å². The van der Waals surface area contributed by atoms with Crippen LogP contribution < -0.4 is 0 Å². The summed E-state index contributed by atoms with van der Waals surface area (Å²) in [6, 6.07) is 5.98. The molecule has 1 aromatic carbocycles. The Morgan fingerprint density at radius 2 is 2.24 bits per heavy atom. The number of aliphatic hydroxyl groups excluding tert-OH is 1. The molecule has 0 bridgehead atoms. The molecule has 2 aromatic rings. The van der Waals surface area contributed by atoms with Gasteiger partial charge < -0.3 is 5.11 Å². The summed E-state index contributed by atoms with van der Waals surface area (Å²) >= 11 is 5.59. The van der Waals surface area contributed by atoms with Crippen molar-refractivity contribution in [2.75, 3.05) is 0 Å². The summed E-state index contributed by atoms with van der Waals surface area (Å²) in [5.74, 6) is -0.536. The summed E-state index contributed by atoms with van der Waals surface area (Å²) in [6.45, 7) is 2.57. The molecular weight excluding hydrogens is 243 g/mol. The zero-order valence-corrected chi connectivity index (χ0v) is 10.0. The molecule has 0 saturated heterocycles. The molecule has 0 aliphatic heterocycles. The van der Waals surface area contributed by atoms with E-state index in [9.17, 15) is 9.50 Å². The van der Waals surface area contributed by atoms with Gasteiger partial charge in [0.25, 0.3) is 0 Å². The van der Waals surface area contributed by atoms with Gasteiger partial charge >= 0.3 is 0 Å². The maximum atomic E-state index is 13.3. The smallest absolute Gasteiger partial charge is 0.142 e. The van der Waals surface area contributed by atoms with Gasteiger partial charge in [-0.05, 0) is 30.7 Å². The van der Waals surface area contributed by atoms with Gasteiger partial charge in [-0.25, -0.2) is 4.39 Å². The Kier molecular flexibility index (Phi) is 3.45. The Morgan fingerprint density at radius 3 is 2.88 bits per heavy atom. The van der Waals surface area contributed by atoms with Crippen molar-refractivity contribution in [3.05, 3.63) is 52.6 Å². The van der Waals surface area contributed by atoms with Crippen LogP contribution in [0.5, 0.6) is 0 Å². The van der Waals surface area contributed by atoms with Gasteiger partial charge in [-0.3, -0.25) is 4.68 Å². The van der Waals surface area contributed by atoms with Crippen LogP contribution in [0.15, 0.2) is 30.5 Å². The molecule has 1 heterocycles. The first-order chi connectivity index (χ1) is 8.13. The van der Waals surface area contributed by atoms with Gasteiger partial charge in [0.1, 0.15) is 11.9 Å². The quantitative estimate of drug-likeness (QED) is 0.915. The normalized spacial score (nSPS) is 12.7. The maximum absolute atomic E-state index is 13.3. The predicted molar refractivity (Wildman–Crippen MR) is 63.4 cm³/mol. The minimum absolute atomic E-state index is 0.0462. The van der Waals surface area contributed by atoms with Gasteiger partial charge in [0, 0.05) is 12.7 Å². The summed E-state index contributed by atoms with van der Waals surface area (Å²) in [5, 5.41) is 14.2. The van der Waals surface area contributed by atoms with Gasteiger partial charge in [-0.15, -0.1) is 0 Å². The molecule has 1 unspecified atom stereocenters. The van der Waals surface area contributed by atoms with E-state index in [2.05, 4.69) is 5.10 Å². The first-order valence-corrected chi connectivity index (χ1v) is 5.66. The molecule has 90 valence electrons. The Labute approximate surface area is 103 Å². The largest absolute Gasteiger partial charge is 0.382 e. The van der Waals surface area contributed by atoms with E-state index < -0.39 is 11.9 Å². The highest BCUT2D eigenvalue weighted by atomic mass is 35.5. The van der Waals surface area contributed by atoms with E-state index >= 15 is 0 Å².